The van der Waals surface area contributed by atoms with Gasteiger partial charge in [0.15, 0.2) is 12.4 Å². The number of esters is 1. The summed E-state index contributed by atoms with van der Waals surface area (Å²) in [5, 5.41) is 0. The number of nitrogens with zero attached hydrogens (tertiary/aromatic N) is 1. The fourth-order valence-corrected chi connectivity index (χ4v) is 4.72. The Balaban J connectivity index is 1.61. The molecule has 0 bridgehead atoms. The lowest BCUT2D eigenvalue weighted by atomic mass is 9.84. The first-order chi connectivity index (χ1) is 14.8. The van der Waals surface area contributed by atoms with E-state index >= 15 is 0 Å². The topological polar surface area (TPSA) is 90.0 Å². The Bertz CT molecular complexity index is 1030. The molecule has 1 saturated carbocycles. The highest BCUT2D eigenvalue weighted by Crippen LogP contribution is 2.32. The van der Waals surface area contributed by atoms with E-state index in [4.69, 9.17) is 9.57 Å². The summed E-state index contributed by atoms with van der Waals surface area (Å²) in [6, 6.07) is 12.9. The predicted molar refractivity (Wildman–Crippen MR) is 115 cm³/mol. The number of hydrogen-bond donors (Lipinski definition) is 0. The second-order valence-corrected chi connectivity index (χ2v) is 9.52. The van der Waals surface area contributed by atoms with Gasteiger partial charge in [0.1, 0.15) is 0 Å². The molecule has 0 saturated heterocycles. The molecule has 7 nitrogen and oxygen atoms in total. The van der Waals surface area contributed by atoms with Gasteiger partial charge in [0.25, 0.3) is 10.0 Å². The van der Waals surface area contributed by atoms with E-state index < -0.39 is 22.6 Å². The summed E-state index contributed by atoms with van der Waals surface area (Å²) in [5.74, 6) is -0.535. The average Bonchev–Trinajstić information content (AvgIpc) is 2.82. The van der Waals surface area contributed by atoms with Gasteiger partial charge in [0.2, 0.25) is 0 Å². The third-order valence-corrected chi connectivity index (χ3v) is 7.28. The molecule has 166 valence electrons. The lowest BCUT2D eigenvalue weighted by Crippen LogP contribution is -2.26. The van der Waals surface area contributed by atoms with Crippen LogP contribution in [0.3, 0.4) is 0 Å². The number of Topliss-reactive ketones (excluding diaryl/α,β-unsaturated/α-hetero) is 1. The summed E-state index contributed by atoms with van der Waals surface area (Å²) in [4.78, 5) is 29.4. The molecule has 2 aromatic carbocycles. The number of rotatable bonds is 8. The number of benzene rings is 2. The maximum Gasteiger partial charge on any atom is 0.338 e. The smallest absolute Gasteiger partial charge is 0.338 e. The zero-order chi connectivity index (χ0) is 22.4. The van der Waals surface area contributed by atoms with E-state index in [1.165, 1.54) is 76.1 Å². The lowest BCUT2D eigenvalue weighted by Gasteiger charge is -2.22. The van der Waals surface area contributed by atoms with E-state index in [1.807, 2.05) is 12.1 Å². The zero-order valence-corrected chi connectivity index (χ0v) is 18.6. The molecule has 31 heavy (non-hydrogen) atoms. The Kier molecular flexibility index (Phi) is 7.59. The summed E-state index contributed by atoms with van der Waals surface area (Å²) in [6.45, 7) is -0.420. The van der Waals surface area contributed by atoms with Crippen molar-refractivity contribution >= 4 is 21.8 Å². The van der Waals surface area contributed by atoms with E-state index in [-0.39, 0.29) is 16.2 Å². The molecule has 2 aromatic rings. The second kappa shape index (κ2) is 10.2. The van der Waals surface area contributed by atoms with Crippen LogP contribution in [-0.2, 0) is 19.6 Å². The van der Waals surface area contributed by atoms with Crippen LogP contribution in [0.1, 0.15) is 64.3 Å². The molecule has 1 aliphatic rings. The van der Waals surface area contributed by atoms with Gasteiger partial charge in [0.05, 0.1) is 17.6 Å². The molecule has 1 aliphatic carbocycles. The highest BCUT2D eigenvalue weighted by molar-refractivity contribution is 7.89. The van der Waals surface area contributed by atoms with Crippen molar-refractivity contribution in [2.45, 2.75) is 42.9 Å². The van der Waals surface area contributed by atoms with Crippen LogP contribution < -0.4 is 0 Å². The van der Waals surface area contributed by atoms with Gasteiger partial charge in [-0.2, -0.15) is 0 Å². The monoisotopic (exact) mass is 445 g/mol. The molecule has 0 heterocycles. The Hall–Kier alpha value is -2.55. The van der Waals surface area contributed by atoms with Crippen LogP contribution in [0.5, 0.6) is 0 Å². The number of carbonyl (C=O) groups excluding carboxylic acids is 2. The minimum absolute atomic E-state index is 0.0334. The van der Waals surface area contributed by atoms with Gasteiger partial charge in [-0.1, -0.05) is 54.1 Å². The summed E-state index contributed by atoms with van der Waals surface area (Å²) >= 11 is 0. The number of ketones is 1. The van der Waals surface area contributed by atoms with Gasteiger partial charge in [-0.25, -0.2) is 13.2 Å². The van der Waals surface area contributed by atoms with Gasteiger partial charge in [-0.3, -0.25) is 9.63 Å². The van der Waals surface area contributed by atoms with Gasteiger partial charge in [-0.15, -0.1) is 0 Å². The van der Waals surface area contributed by atoms with Crippen molar-refractivity contribution in [2.75, 3.05) is 20.8 Å². The molecule has 0 spiro atoms. The standard InChI is InChI=1S/C23H27NO6S/c1-24(29-2)31(27,28)21-10-6-9-20(15-21)23(26)30-16-22(25)19-13-11-18(12-14-19)17-7-4-3-5-8-17/h6,9-15,17H,3-5,7-8,16H2,1-2H3. The van der Waals surface area contributed by atoms with Gasteiger partial charge in [-0.05, 0) is 42.5 Å². The molecule has 0 radical (unpaired) electrons. The van der Waals surface area contributed by atoms with Crippen LogP contribution in [0, 0.1) is 0 Å². The van der Waals surface area contributed by atoms with Gasteiger partial charge in [0, 0.05) is 12.6 Å². The van der Waals surface area contributed by atoms with Crippen molar-refractivity contribution in [3.8, 4) is 0 Å². The molecule has 0 aromatic heterocycles. The first kappa shape index (κ1) is 23.1. The summed E-state index contributed by atoms with van der Waals surface area (Å²) in [5.41, 5.74) is 1.75. The molecule has 0 N–H and O–H groups in total. The molecular weight excluding hydrogens is 418 g/mol. The van der Waals surface area contributed by atoms with Crippen molar-refractivity contribution < 1.29 is 27.6 Å². The lowest BCUT2D eigenvalue weighted by molar-refractivity contribution is -0.0258. The number of ether oxygens (including phenoxy) is 1. The molecule has 0 atom stereocenters. The van der Waals surface area contributed by atoms with E-state index in [1.54, 1.807) is 12.1 Å². The third-order valence-electron chi connectivity index (χ3n) is 5.61. The summed E-state index contributed by atoms with van der Waals surface area (Å²) < 4.78 is 30.5. The molecule has 3 rings (SSSR count). The van der Waals surface area contributed by atoms with Crippen molar-refractivity contribution in [1.29, 1.82) is 0 Å². The Morgan fingerprint density at radius 1 is 1.00 bits per heavy atom. The molecule has 0 amide bonds. The Labute approximate surface area is 183 Å². The van der Waals surface area contributed by atoms with E-state index in [2.05, 4.69) is 0 Å². The van der Waals surface area contributed by atoms with E-state index in [0.717, 1.165) is 0 Å². The van der Waals surface area contributed by atoms with Crippen LogP contribution >= 0.6 is 0 Å². The highest BCUT2D eigenvalue weighted by Gasteiger charge is 2.22. The zero-order valence-electron chi connectivity index (χ0n) is 17.7. The second-order valence-electron chi connectivity index (χ2n) is 7.58. The van der Waals surface area contributed by atoms with E-state index in [9.17, 15) is 18.0 Å². The van der Waals surface area contributed by atoms with Crippen molar-refractivity contribution in [3.63, 3.8) is 0 Å². The molecule has 1 fully saturated rings. The largest absolute Gasteiger partial charge is 0.454 e. The maximum absolute atomic E-state index is 12.4. The third kappa shape index (κ3) is 5.58. The van der Waals surface area contributed by atoms with Crippen molar-refractivity contribution in [2.24, 2.45) is 0 Å². The summed E-state index contributed by atoms with van der Waals surface area (Å²) in [6.07, 6.45) is 6.13. The molecule has 0 unspecified atom stereocenters. The number of hydrogen-bond acceptors (Lipinski definition) is 6. The van der Waals surface area contributed by atoms with Crippen LogP contribution in [0.4, 0.5) is 0 Å². The van der Waals surface area contributed by atoms with Crippen LogP contribution in [0.25, 0.3) is 0 Å². The van der Waals surface area contributed by atoms with Crippen molar-refractivity contribution in [3.05, 3.63) is 65.2 Å². The number of hydroxylamine groups is 1. The maximum atomic E-state index is 12.4. The molecule has 0 aliphatic heterocycles. The minimum atomic E-state index is -3.90. The number of carbonyl (C=O) groups is 2. The summed E-state index contributed by atoms with van der Waals surface area (Å²) in [7, 11) is -1.42. The Morgan fingerprint density at radius 2 is 1.68 bits per heavy atom. The van der Waals surface area contributed by atoms with Crippen LogP contribution in [0.2, 0.25) is 0 Å². The average molecular weight is 446 g/mol. The minimum Gasteiger partial charge on any atom is -0.454 e. The SMILES string of the molecule is CON(C)S(=O)(=O)c1cccc(C(=O)OCC(=O)c2ccc(C3CCCCC3)cc2)c1. The molecule has 8 heteroatoms. The van der Waals surface area contributed by atoms with Gasteiger partial charge < -0.3 is 4.74 Å². The highest BCUT2D eigenvalue weighted by atomic mass is 32.2. The van der Waals surface area contributed by atoms with Crippen LogP contribution in [0.15, 0.2) is 53.4 Å². The fraction of sp³-hybridized carbons (Fsp3) is 0.391. The normalized spacial score (nSPS) is 15.1. The number of sulfonamides is 1. The van der Waals surface area contributed by atoms with Crippen molar-refractivity contribution in [1.82, 2.24) is 4.47 Å². The quantitative estimate of drug-likeness (QED) is 0.347. The Morgan fingerprint density at radius 3 is 2.32 bits per heavy atom. The molecular formula is C23H27NO6S. The fourth-order valence-electron chi connectivity index (χ4n) is 3.70. The first-order valence-corrected chi connectivity index (χ1v) is 11.7. The predicted octanol–water partition coefficient (Wildman–Crippen LogP) is 3.96. The van der Waals surface area contributed by atoms with Crippen LogP contribution in [-0.4, -0.2) is 45.4 Å². The van der Waals surface area contributed by atoms with E-state index in [0.29, 0.717) is 15.9 Å². The first-order valence-electron chi connectivity index (χ1n) is 10.3. The van der Waals surface area contributed by atoms with Gasteiger partial charge >= 0.3 is 5.97 Å².